The molecular formula is C30H31FN6O4. The van der Waals surface area contributed by atoms with Crippen LogP contribution < -0.4 is 10.5 Å². The molecule has 212 valence electrons. The number of benzene rings is 2. The van der Waals surface area contributed by atoms with Gasteiger partial charge < -0.3 is 29.7 Å². The number of oxazole rings is 1. The number of halogens is 1. The topological polar surface area (TPSA) is 136 Å². The van der Waals surface area contributed by atoms with Crippen molar-refractivity contribution in [2.24, 2.45) is 0 Å². The van der Waals surface area contributed by atoms with Crippen LogP contribution >= 0.6 is 0 Å². The SMILES string of the molecule is Nc1ccc(COc2cccc(C3CCN(Cc4nc5ccc(C(O)O)cc5n4Cc4cnco4)CC3)n2)c(F)c1. The van der Waals surface area contributed by atoms with Crippen LogP contribution in [0.25, 0.3) is 11.0 Å². The molecule has 11 heteroatoms. The van der Waals surface area contributed by atoms with E-state index in [0.29, 0.717) is 41.5 Å². The molecule has 0 amide bonds. The number of nitrogens with zero attached hydrogens (tertiary/aromatic N) is 5. The number of likely N-dealkylation sites (tertiary alicyclic amines) is 1. The van der Waals surface area contributed by atoms with Crippen molar-refractivity contribution in [2.45, 2.75) is 44.7 Å². The van der Waals surface area contributed by atoms with Gasteiger partial charge in [0.15, 0.2) is 12.7 Å². The van der Waals surface area contributed by atoms with E-state index in [4.69, 9.17) is 24.9 Å². The third kappa shape index (κ3) is 6.07. The number of rotatable bonds is 9. The van der Waals surface area contributed by atoms with Crippen molar-refractivity contribution in [1.82, 2.24) is 24.4 Å². The summed E-state index contributed by atoms with van der Waals surface area (Å²) in [6.45, 7) is 2.87. The van der Waals surface area contributed by atoms with Gasteiger partial charge in [0.25, 0.3) is 0 Å². The maximum Gasteiger partial charge on any atom is 0.213 e. The Labute approximate surface area is 235 Å². The molecule has 5 aromatic rings. The maximum atomic E-state index is 14.1. The Morgan fingerprint density at radius 1 is 1.05 bits per heavy atom. The highest BCUT2D eigenvalue weighted by Crippen LogP contribution is 2.30. The maximum absolute atomic E-state index is 14.1. The number of piperidine rings is 1. The van der Waals surface area contributed by atoms with E-state index in [1.165, 1.54) is 12.5 Å². The van der Waals surface area contributed by atoms with Crippen molar-refractivity contribution >= 4 is 16.7 Å². The summed E-state index contributed by atoms with van der Waals surface area (Å²) in [7, 11) is 0. The van der Waals surface area contributed by atoms with E-state index in [2.05, 4.69) is 9.88 Å². The second kappa shape index (κ2) is 11.7. The highest BCUT2D eigenvalue weighted by molar-refractivity contribution is 5.77. The molecule has 0 aliphatic carbocycles. The minimum atomic E-state index is -1.56. The van der Waals surface area contributed by atoms with Crippen LogP contribution in [0.2, 0.25) is 0 Å². The first-order chi connectivity index (χ1) is 19.9. The van der Waals surface area contributed by atoms with Gasteiger partial charge in [-0.3, -0.25) is 4.90 Å². The summed E-state index contributed by atoms with van der Waals surface area (Å²) in [4.78, 5) is 16.0. The van der Waals surface area contributed by atoms with Crippen LogP contribution in [0.15, 0.2) is 71.6 Å². The zero-order valence-electron chi connectivity index (χ0n) is 22.4. The van der Waals surface area contributed by atoms with E-state index in [0.717, 1.165) is 48.5 Å². The lowest BCUT2D eigenvalue weighted by Gasteiger charge is -2.31. The molecule has 0 unspecified atom stereocenters. The van der Waals surface area contributed by atoms with E-state index in [9.17, 15) is 14.6 Å². The first-order valence-corrected chi connectivity index (χ1v) is 13.5. The molecule has 41 heavy (non-hydrogen) atoms. The first-order valence-electron chi connectivity index (χ1n) is 13.5. The van der Waals surface area contributed by atoms with Gasteiger partial charge in [-0.25, -0.2) is 19.3 Å². The van der Waals surface area contributed by atoms with Gasteiger partial charge in [-0.2, -0.15) is 0 Å². The van der Waals surface area contributed by atoms with Crippen molar-refractivity contribution in [3.8, 4) is 5.88 Å². The van der Waals surface area contributed by atoms with Gasteiger partial charge in [-0.1, -0.05) is 18.2 Å². The molecule has 1 fully saturated rings. The fourth-order valence-electron chi connectivity index (χ4n) is 5.28. The summed E-state index contributed by atoms with van der Waals surface area (Å²) in [5.74, 6) is 1.91. The number of hydrogen-bond donors (Lipinski definition) is 3. The van der Waals surface area contributed by atoms with Crippen LogP contribution in [-0.4, -0.2) is 47.7 Å². The highest BCUT2D eigenvalue weighted by Gasteiger charge is 2.24. The predicted octanol–water partition coefficient (Wildman–Crippen LogP) is 4.13. The number of anilines is 1. The molecular weight excluding hydrogens is 527 g/mol. The molecule has 1 aliphatic rings. The standard InChI is InChI=1S/C30H31FN6O4/c31-24-13-22(32)6-4-21(24)17-40-29-3-1-2-25(35-29)19-8-10-36(11-9-19)16-28-34-26-7-5-20(30(38)39)12-27(26)37(28)15-23-14-33-18-41-23/h1-7,12-14,18-19,30,38-39H,8-11,15-17,32H2. The number of nitrogen functional groups attached to an aromatic ring is 1. The Hall–Kier alpha value is -4.32. The number of nitrogens with two attached hydrogens (primary N) is 1. The molecule has 1 aliphatic heterocycles. The molecule has 10 nitrogen and oxygen atoms in total. The summed E-state index contributed by atoms with van der Waals surface area (Å²) in [5, 5.41) is 19.4. The van der Waals surface area contributed by atoms with Gasteiger partial charge >= 0.3 is 0 Å². The number of pyridine rings is 1. The van der Waals surface area contributed by atoms with Crippen LogP contribution in [0, 0.1) is 5.82 Å². The minimum Gasteiger partial charge on any atom is -0.473 e. The van der Waals surface area contributed by atoms with Crippen LogP contribution in [0.5, 0.6) is 5.88 Å². The second-order valence-electron chi connectivity index (χ2n) is 10.3. The molecule has 0 atom stereocenters. The molecule has 3 aromatic heterocycles. The average Bonchev–Trinajstić information content (AvgIpc) is 3.61. The summed E-state index contributed by atoms with van der Waals surface area (Å²) >= 11 is 0. The van der Waals surface area contributed by atoms with E-state index in [-0.39, 0.29) is 12.5 Å². The van der Waals surface area contributed by atoms with Crippen molar-refractivity contribution < 1.29 is 23.8 Å². The Balaban J connectivity index is 1.12. The predicted molar refractivity (Wildman–Crippen MR) is 149 cm³/mol. The summed E-state index contributed by atoms with van der Waals surface area (Å²) < 4.78 is 27.5. The Morgan fingerprint density at radius 3 is 2.66 bits per heavy atom. The van der Waals surface area contributed by atoms with Crippen molar-refractivity contribution in [1.29, 1.82) is 0 Å². The number of fused-ring (bicyclic) bond motifs is 1. The summed E-state index contributed by atoms with van der Waals surface area (Å²) in [6.07, 6.45) is 3.35. The third-order valence-corrected chi connectivity index (χ3v) is 7.52. The number of imidazole rings is 1. The van der Waals surface area contributed by atoms with E-state index in [1.54, 1.807) is 42.6 Å². The van der Waals surface area contributed by atoms with Crippen LogP contribution in [0.3, 0.4) is 0 Å². The quantitative estimate of drug-likeness (QED) is 0.180. The van der Waals surface area contributed by atoms with Crippen LogP contribution in [-0.2, 0) is 19.7 Å². The number of ether oxygens (including phenoxy) is 1. The van der Waals surface area contributed by atoms with Crippen molar-refractivity contribution in [2.75, 3.05) is 18.8 Å². The Morgan fingerprint density at radius 2 is 1.90 bits per heavy atom. The number of hydrogen-bond acceptors (Lipinski definition) is 9. The average molecular weight is 559 g/mol. The molecule has 4 N–H and O–H groups in total. The minimum absolute atomic E-state index is 0.0782. The normalized spacial score (nSPS) is 14.7. The molecule has 6 rings (SSSR count). The highest BCUT2D eigenvalue weighted by atomic mass is 19.1. The van der Waals surface area contributed by atoms with Gasteiger partial charge in [-0.15, -0.1) is 0 Å². The molecule has 2 aromatic carbocycles. The lowest BCUT2D eigenvalue weighted by atomic mass is 9.93. The molecule has 0 saturated carbocycles. The van der Waals surface area contributed by atoms with Gasteiger partial charge in [0.05, 0.1) is 30.3 Å². The molecule has 4 heterocycles. The van der Waals surface area contributed by atoms with Gasteiger partial charge in [0.2, 0.25) is 5.88 Å². The first kappa shape index (κ1) is 26.9. The lowest BCUT2D eigenvalue weighted by molar-refractivity contribution is -0.0424. The molecule has 0 bridgehead atoms. The van der Waals surface area contributed by atoms with E-state index in [1.807, 2.05) is 16.7 Å². The van der Waals surface area contributed by atoms with E-state index >= 15 is 0 Å². The monoisotopic (exact) mass is 558 g/mol. The fraction of sp³-hybridized carbons (Fsp3) is 0.300. The largest absolute Gasteiger partial charge is 0.473 e. The molecule has 0 radical (unpaired) electrons. The lowest BCUT2D eigenvalue weighted by Crippen LogP contribution is -2.33. The zero-order chi connectivity index (χ0) is 28.3. The van der Waals surface area contributed by atoms with E-state index < -0.39 is 12.1 Å². The van der Waals surface area contributed by atoms with Crippen LogP contribution in [0.4, 0.5) is 10.1 Å². The molecule has 1 saturated heterocycles. The summed E-state index contributed by atoms with van der Waals surface area (Å²) in [5.41, 5.74) is 9.39. The van der Waals surface area contributed by atoms with Gasteiger partial charge in [0.1, 0.15) is 24.0 Å². The fourth-order valence-corrected chi connectivity index (χ4v) is 5.28. The Bertz CT molecular complexity index is 1630. The number of aromatic nitrogens is 4. The molecule has 0 spiro atoms. The van der Waals surface area contributed by atoms with Gasteiger partial charge in [-0.05, 0) is 56.3 Å². The summed E-state index contributed by atoms with van der Waals surface area (Å²) in [6, 6.07) is 15.5. The van der Waals surface area contributed by atoms with Crippen molar-refractivity contribution in [3.05, 3.63) is 101 Å². The second-order valence-corrected chi connectivity index (χ2v) is 10.3. The van der Waals surface area contributed by atoms with Gasteiger partial charge in [0, 0.05) is 34.5 Å². The number of aliphatic hydroxyl groups is 2. The smallest absolute Gasteiger partial charge is 0.213 e. The van der Waals surface area contributed by atoms with Crippen molar-refractivity contribution in [3.63, 3.8) is 0 Å². The third-order valence-electron chi connectivity index (χ3n) is 7.52. The number of aliphatic hydroxyl groups excluding tert-OH is 1. The Kier molecular flexibility index (Phi) is 7.64. The van der Waals surface area contributed by atoms with Crippen LogP contribution in [0.1, 0.15) is 53.5 Å². The zero-order valence-corrected chi connectivity index (χ0v) is 22.4.